The molecule has 1 aliphatic carbocycles. The van der Waals surface area contributed by atoms with Crippen LogP contribution in [0.25, 0.3) is 11.3 Å². The molecule has 0 radical (unpaired) electrons. The number of aromatic nitrogens is 2. The minimum absolute atomic E-state index is 0.197. The second-order valence-corrected chi connectivity index (χ2v) is 9.02. The molecule has 4 rings (SSSR count). The summed E-state index contributed by atoms with van der Waals surface area (Å²) in [6.07, 6.45) is 5.68. The predicted molar refractivity (Wildman–Crippen MR) is 118 cm³/mol. The lowest BCUT2D eigenvalue weighted by Gasteiger charge is -2.42. The van der Waals surface area contributed by atoms with Crippen LogP contribution in [0.15, 0.2) is 12.1 Å². The van der Waals surface area contributed by atoms with Gasteiger partial charge in [-0.05, 0) is 50.2 Å². The van der Waals surface area contributed by atoms with Crippen LogP contribution in [0.4, 0.5) is 11.5 Å². The van der Waals surface area contributed by atoms with Gasteiger partial charge in [0, 0.05) is 24.7 Å². The number of halogens is 2. The van der Waals surface area contributed by atoms with E-state index in [-0.39, 0.29) is 12.0 Å². The SMILES string of the molecule is Cc1nc(N2CCC3(CCC[C@H]3N)CC2)c(CO)nc1-c1ccc(N)c(Cl)c1Cl. The van der Waals surface area contributed by atoms with Gasteiger partial charge in [-0.2, -0.15) is 0 Å². The van der Waals surface area contributed by atoms with E-state index in [4.69, 9.17) is 44.6 Å². The van der Waals surface area contributed by atoms with Crippen LogP contribution in [-0.4, -0.2) is 34.2 Å². The van der Waals surface area contributed by atoms with Crippen LogP contribution in [0, 0.1) is 12.3 Å². The molecule has 2 heterocycles. The van der Waals surface area contributed by atoms with Crippen LogP contribution in [0.1, 0.15) is 43.5 Å². The molecular formula is C21H27Cl2N5O. The third kappa shape index (κ3) is 3.56. The molecule has 0 bridgehead atoms. The fraction of sp³-hybridized carbons (Fsp3) is 0.524. The molecule has 1 saturated heterocycles. The number of piperidine rings is 1. The summed E-state index contributed by atoms with van der Waals surface area (Å²) in [6.45, 7) is 3.45. The number of nitrogen functional groups attached to an aromatic ring is 1. The maximum Gasteiger partial charge on any atom is 0.153 e. The van der Waals surface area contributed by atoms with E-state index in [0.29, 0.717) is 38.7 Å². The van der Waals surface area contributed by atoms with Crippen molar-refractivity contribution in [2.24, 2.45) is 11.1 Å². The first-order chi connectivity index (χ1) is 13.9. The van der Waals surface area contributed by atoms with Crippen LogP contribution in [0.3, 0.4) is 0 Å². The van der Waals surface area contributed by atoms with Crippen molar-refractivity contribution < 1.29 is 5.11 Å². The molecule has 8 heteroatoms. The van der Waals surface area contributed by atoms with Gasteiger partial charge in [0.1, 0.15) is 5.69 Å². The van der Waals surface area contributed by atoms with Gasteiger partial charge in [-0.15, -0.1) is 0 Å². The highest BCUT2D eigenvalue weighted by Crippen LogP contribution is 2.46. The molecule has 0 unspecified atom stereocenters. The summed E-state index contributed by atoms with van der Waals surface area (Å²) in [4.78, 5) is 11.7. The molecule has 5 N–H and O–H groups in total. The molecule has 1 spiro atoms. The minimum Gasteiger partial charge on any atom is -0.397 e. The number of hydrogen-bond donors (Lipinski definition) is 3. The Balaban J connectivity index is 1.65. The smallest absolute Gasteiger partial charge is 0.153 e. The highest BCUT2D eigenvalue weighted by atomic mass is 35.5. The fourth-order valence-corrected chi connectivity index (χ4v) is 5.28. The van der Waals surface area contributed by atoms with Gasteiger partial charge >= 0.3 is 0 Å². The Kier molecular flexibility index (Phi) is 5.64. The number of nitrogens with two attached hydrogens (primary N) is 2. The van der Waals surface area contributed by atoms with Crippen molar-refractivity contribution in [3.05, 3.63) is 33.6 Å². The molecule has 6 nitrogen and oxygen atoms in total. The first-order valence-electron chi connectivity index (χ1n) is 10.1. The average molecular weight is 436 g/mol. The molecule has 1 aromatic heterocycles. The lowest BCUT2D eigenvalue weighted by molar-refractivity contribution is 0.196. The number of benzene rings is 1. The summed E-state index contributed by atoms with van der Waals surface area (Å²) < 4.78 is 0. The second kappa shape index (κ2) is 7.91. The van der Waals surface area contributed by atoms with Crippen LogP contribution >= 0.6 is 23.2 Å². The van der Waals surface area contributed by atoms with E-state index in [1.54, 1.807) is 12.1 Å². The molecule has 1 aromatic carbocycles. The molecule has 2 aromatic rings. The van der Waals surface area contributed by atoms with Gasteiger partial charge in [0.15, 0.2) is 5.82 Å². The fourth-order valence-electron chi connectivity index (χ4n) is 4.85. The molecule has 29 heavy (non-hydrogen) atoms. The number of aliphatic hydroxyl groups excluding tert-OH is 1. The highest BCUT2D eigenvalue weighted by molar-refractivity contribution is 6.45. The van der Waals surface area contributed by atoms with E-state index in [9.17, 15) is 5.11 Å². The summed E-state index contributed by atoms with van der Waals surface area (Å²) >= 11 is 12.6. The molecule has 0 amide bonds. The van der Waals surface area contributed by atoms with E-state index >= 15 is 0 Å². The Morgan fingerprint density at radius 1 is 1.17 bits per heavy atom. The largest absolute Gasteiger partial charge is 0.397 e. The maximum absolute atomic E-state index is 10.00. The second-order valence-electron chi connectivity index (χ2n) is 8.26. The summed E-state index contributed by atoms with van der Waals surface area (Å²) in [7, 11) is 0. The third-order valence-corrected chi connectivity index (χ3v) is 7.57. The van der Waals surface area contributed by atoms with E-state index in [0.717, 1.165) is 43.9 Å². The average Bonchev–Trinajstić information content (AvgIpc) is 3.07. The number of hydrogen-bond acceptors (Lipinski definition) is 6. The van der Waals surface area contributed by atoms with Gasteiger partial charge in [0.05, 0.1) is 33.7 Å². The van der Waals surface area contributed by atoms with Crippen LogP contribution in [0.5, 0.6) is 0 Å². The van der Waals surface area contributed by atoms with Crippen molar-refractivity contribution in [1.82, 2.24) is 9.97 Å². The summed E-state index contributed by atoms with van der Waals surface area (Å²) in [5.74, 6) is 0.743. The van der Waals surface area contributed by atoms with Crippen molar-refractivity contribution >= 4 is 34.7 Å². The lowest BCUT2D eigenvalue weighted by Crippen LogP contribution is -2.47. The third-order valence-electron chi connectivity index (χ3n) is 6.67. The molecule has 1 aliphatic heterocycles. The Hall–Kier alpha value is -1.60. The summed E-state index contributed by atoms with van der Waals surface area (Å²) in [5.41, 5.74) is 15.5. The molecule has 2 fully saturated rings. The topological polar surface area (TPSA) is 101 Å². The van der Waals surface area contributed by atoms with Gasteiger partial charge in [0.2, 0.25) is 0 Å². The normalized spacial score (nSPS) is 21.1. The van der Waals surface area contributed by atoms with Crippen molar-refractivity contribution in [3.63, 3.8) is 0 Å². The van der Waals surface area contributed by atoms with Gasteiger partial charge in [-0.25, -0.2) is 9.97 Å². The van der Waals surface area contributed by atoms with Gasteiger partial charge in [-0.1, -0.05) is 29.6 Å². The first kappa shape index (κ1) is 20.7. The summed E-state index contributed by atoms with van der Waals surface area (Å²) in [6, 6.07) is 3.79. The Labute approximate surface area is 181 Å². The molecule has 1 saturated carbocycles. The zero-order valence-corrected chi connectivity index (χ0v) is 18.1. The van der Waals surface area contributed by atoms with Crippen molar-refractivity contribution in [1.29, 1.82) is 0 Å². The Morgan fingerprint density at radius 2 is 1.90 bits per heavy atom. The van der Waals surface area contributed by atoms with E-state index < -0.39 is 0 Å². The maximum atomic E-state index is 10.00. The van der Waals surface area contributed by atoms with E-state index in [1.165, 1.54) is 12.8 Å². The van der Waals surface area contributed by atoms with Crippen molar-refractivity contribution in [2.75, 3.05) is 23.7 Å². The molecule has 2 aliphatic rings. The van der Waals surface area contributed by atoms with E-state index in [2.05, 4.69) is 4.90 Å². The quantitative estimate of drug-likeness (QED) is 0.631. The van der Waals surface area contributed by atoms with Crippen LogP contribution in [0.2, 0.25) is 10.0 Å². The van der Waals surface area contributed by atoms with Crippen molar-refractivity contribution in [2.45, 2.75) is 51.7 Å². The zero-order chi connectivity index (χ0) is 20.8. The molecule has 156 valence electrons. The predicted octanol–water partition coefficient (Wildman–Crippen LogP) is 3.93. The Morgan fingerprint density at radius 3 is 2.52 bits per heavy atom. The van der Waals surface area contributed by atoms with Gasteiger partial charge < -0.3 is 21.5 Å². The number of anilines is 2. The Bertz CT molecular complexity index is 928. The lowest BCUT2D eigenvalue weighted by atomic mass is 9.74. The first-order valence-corrected chi connectivity index (χ1v) is 10.8. The van der Waals surface area contributed by atoms with E-state index in [1.807, 2.05) is 6.92 Å². The monoisotopic (exact) mass is 435 g/mol. The summed E-state index contributed by atoms with van der Waals surface area (Å²) in [5, 5.41) is 10.6. The number of rotatable bonds is 3. The number of nitrogens with zero attached hydrogens (tertiary/aromatic N) is 3. The van der Waals surface area contributed by atoms with Gasteiger partial charge in [-0.3, -0.25) is 0 Å². The number of aliphatic hydroxyl groups is 1. The molecular weight excluding hydrogens is 409 g/mol. The number of aryl methyl sites for hydroxylation is 1. The van der Waals surface area contributed by atoms with Crippen LogP contribution < -0.4 is 16.4 Å². The molecule has 1 atom stereocenters. The van der Waals surface area contributed by atoms with Gasteiger partial charge in [0.25, 0.3) is 0 Å². The minimum atomic E-state index is -0.197. The zero-order valence-electron chi connectivity index (χ0n) is 16.6. The highest BCUT2D eigenvalue weighted by Gasteiger charge is 2.43. The van der Waals surface area contributed by atoms with Crippen LogP contribution in [-0.2, 0) is 6.61 Å². The van der Waals surface area contributed by atoms with Crippen molar-refractivity contribution in [3.8, 4) is 11.3 Å². The standard InChI is InChI=1S/C21H27Cl2N5O/c1-12-19(13-4-5-14(24)18(23)17(13)22)27-15(11-29)20(26-12)28-9-7-21(8-10-28)6-2-3-16(21)25/h4-5,16,29H,2-3,6-11,24-25H2,1H3/t16-/m1/s1.